The minimum absolute atomic E-state index is 0. The standard InChI is InChI=1S/C24H31ClFN5O.2ClH/c1-15-4-7-20-21(15)22(29-14-28-20)30-8-10-31(11-9-30)23(32)17(13-24(2,3)27)16-5-6-18(25)19(26)12-16;;/h5-6,12,14-15,17H,4,7-11,13,27H2,1-3H3;2*1H/t15-,17-;;/m1../s1. The van der Waals surface area contributed by atoms with Gasteiger partial charge >= 0.3 is 0 Å². The van der Waals surface area contributed by atoms with Crippen LogP contribution in [0, 0.1) is 5.82 Å². The number of fused-ring (bicyclic) bond motifs is 1. The van der Waals surface area contributed by atoms with Crippen molar-refractivity contribution in [1.29, 1.82) is 0 Å². The number of carbonyl (C=O) groups excluding carboxylic acids is 1. The maximum Gasteiger partial charge on any atom is 0.230 e. The second-order valence-electron chi connectivity index (χ2n) is 9.73. The highest BCUT2D eigenvalue weighted by molar-refractivity contribution is 6.30. The van der Waals surface area contributed by atoms with Crippen LogP contribution in [-0.2, 0) is 11.2 Å². The third-order valence-electron chi connectivity index (χ3n) is 6.52. The molecule has 0 bridgehead atoms. The number of nitrogens with two attached hydrogens (primary N) is 1. The van der Waals surface area contributed by atoms with E-state index in [1.807, 2.05) is 18.7 Å². The molecule has 2 N–H and O–H groups in total. The Labute approximate surface area is 218 Å². The van der Waals surface area contributed by atoms with Crippen molar-refractivity contribution in [3.8, 4) is 0 Å². The Morgan fingerprint density at radius 2 is 1.91 bits per heavy atom. The molecule has 0 unspecified atom stereocenters. The Kier molecular flexibility index (Phi) is 9.56. The van der Waals surface area contributed by atoms with Gasteiger partial charge in [-0.2, -0.15) is 0 Å². The summed E-state index contributed by atoms with van der Waals surface area (Å²) in [7, 11) is 0. The molecular formula is C24H33Cl3FN5O. The summed E-state index contributed by atoms with van der Waals surface area (Å²) in [6, 6.07) is 4.59. The molecule has 0 saturated carbocycles. The smallest absolute Gasteiger partial charge is 0.230 e. The van der Waals surface area contributed by atoms with E-state index >= 15 is 0 Å². The molecule has 1 aliphatic carbocycles. The molecule has 10 heteroatoms. The number of halogens is 4. The molecule has 2 atom stereocenters. The first-order chi connectivity index (χ1) is 15.1. The highest BCUT2D eigenvalue weighted by Gasteiger charge is 2.34. The van der Waals surface area contributed by atoms with Crippen LogP contribution in [0.2, 0.25) is 5.02 Å². The number of anilines is 1. The molecule has 0 spiro atoms. The second kappa shape index (κ2) is 11.4. The Balaban J connectivity index is 0.00000204. The van der Waals surface area contributed by atoms with Gasteiger partial charge in [-0.25, -0.2) is 14.4 Å². The van der Waals surface area contributed by atoms with Crippen LogP contribution in [0.5, 0.6) is 0 Å². The molecule has 2 aliphatic rings. The summed E-state index contributed by atoms with van der Waals surface area (Å²) in [5, 5.41) is 0.0483. The Hall–Kier alpha value is -1.67. The number of piperazine rings is 1. The molecule has 6 nitrogen and oxygen atoms in total. The van der Waals surface area contributed by atoms with Crippen LogP contribution in [0.25, 0.3) is 0 Å². The average Bonchev–Trinajstić information content (AvgIpc) is 3.14. The number of aryl methyl sites for hydroxylation is 1. The van der Waals surface area contributed by atoms with E-state index in [4.69, 9.17) is 17.3 Å². The van der Waals surface area contributed by atoms with Gasteiger partial charge < -0.3 is 15.5 Å². The zero-order valence-corrected chi connectivity index (χ0v) is 22.1. The van der Waals surface area contributed by atoms with Crippen molar-refractivity contribution in [2.24, 2.45) is 5.73 Å². The van der Waals surface area contributed by atoms with E-state index in [-0.39, 0.29) is 35.7 Å². The monoisotopic (exact) mass is 531 g/mol. The Morgan fingerprint density at radius 1 is 1.24 bits per heavy atom. The van der Waals surface area contributed by atoms with E-state index in [0.717, 1.165) is 24.4 Å². The zero-order chi connectivity index (χ0) is 23.0. The molecule has 1 fully saturated rings. The molecule has 1 saturated heterocycles. The van der Waals surface area contributed by atoms with Crippen molar-refractivity contribution in [3.05, 3.63) is 52.2 Å². The lowest BCUT2D eigenvalue weighted by molar-refractivity contribution is -0.133. The number of nitrogens with zero attached hydrogens (tertiary/aromatic N) is 4. The van der Waals surface area contributed by atoms with Gasteiger partial charge in [0.05, 0.1) is 10.9 Å². The zero-order valence-electron chi connectivity index (χ0n) is 19.8. The van der Waals surface area contributed by atoms with Crippen LogP contribution in [0.1, 0.15) is 62.3 Å². The lowest BCUT2D eigenvalue weighted by atomic mass is 9.85. The first-order valence-corrected chi connectivity index (χ1v) is 11.6. The van der Waals surface area contributed by atoms with Crippen LogP contribution in [-0.4, -0.2) is 52.5 Å². The molecule has 1 aliphatic heterocycles. The number of carbonyl (C=O) groups is 1. The predicted octanol–water partition coefficient (Wildman–Crippen LogP) is 4.72. The van der Waals surface area contributed by atoms with Gasteiger partial charge in [-0.15, -0.1) is 24.8 Å². The summed E-state index contributed by atoms with van der Waals surface area (Å²) in [5.41, 5.74) is 8.70. The van der Waals surface area contributed by atoms with E-state index in [9.17, 15) is 9.18 Å². The van der Waals surface area contributed by atoms with Gasteiger partial charge in [0.2, 0.25) is 5.91 Å². The van der Waals surface area contributed by atoms with Crippen LogP contribution in [0.4, 0.5) is 10.2 Å². The normalized spacial score (nSPS) is 18.6. The van der Waals surface area contributed by atoms with Crippen molar-refractivity contribution in [1.82, 2.24) is 14.9 Å². The summed E-state index contributed by atoms with van der Waals surface area (Å²) < 4.78 is 14.2. The molecular weight excluding hydrogens is 500 g/mol. The van der Waals surface area contributed by atoms with Gasteiger partial charge in [-0.3, -0.25) is 4.79 Å². The fraction of sp³-hybridized carbons (Fsp3) is 0.542. The number of hydrogen-bond acceptors (Lipinski definition) is 5. The SMILES string of the molecule is C[C@@H]1CCc2ncnc(N3CCN(C(=O)[C@H](CC(C)(C)N)c4ccc(Cl)c(F)c4)CC3)c21.Cl.Cl. The van der Waals surface area contributed by atoms with E-state index in [2.05, 4.69) is 21.8 Å². The van der Waals surface area contributed by atoms with Crippen LogP contribution in [0.3, 0.4) is 0 Å². The number of aromatic nitrogens is 2. The molecule has 4 rings (SSSR count). The van der Waals surface area contributed by atoms with E-state index in [0.29, 0.717) is 44.1 Å². The van der Waals surface area contributed by atoms with E-state index < -0.39 is 17.3 Å². The highest BCUT2D eigenvalue weighted by atomic mass is 35.5. The highest BCUT2D eigenvalue weighted by Crippen LogP contribution is 2.37. The maximum atomic E-state index is 14.2. The van der Waals surface area contributed by atoms with Gasteiger partial charge in [0, 0.05) is 43.0 Å². The van der Waals surface area contributed by atoms with Gasteiger partial charge in [-0.05, 0) is 56.7 Å². The Bertz CT molecular complexity index is 1010. The summed E-state index contributed by atoms with van der Waals surface area (Å²) in [6.45, 7) is 8.57. The lowest BCUT2D eigenvalue weighted by Crippen LogP contribution is -2.51. The second-order valence-corrected chi connectivity index (χ2v) is 10.1. The van der Waals surface area contributed by atoms with Crippen LogP contribution in [0.15, 0.2) is 24.5 Å². The van der Waals surface area contributed by atoms with Gasteiger partial charge in [-0.1, -0.05) is 24.6 Å². The van der Waals surface area contributed by atoms with Gasteiger partial charge in [0.1, 0.15) is 18.0 Å². The van der Waals surface area contributed by atoms with E-state index in [1.54, 1.807) is 12.4 Å². The maximum absolute atomic E-state index is 14.2. The summed E-state index contributed by atoms with van der Waals surface area (Å²) in [4.78, 5) is 26.7. The van der Waals surface area contributed by atoms with Crippen molar-refractivity contribution in [3.63, 3.8) is 0 Å². The average molecular weight is 533 g/mol. The lowest BCUT2D eigenvalue weighted by Gasteiger charge is -2.38. The molecule has 34 heavy (non-hydrogen) atoms. The Morgan fingerprint density at radius 3 is 2.53 bits per heavy atom. The first-order valence-electron chi connectivity index (χ1n) is 11.3. The molecule has 2 aromatic rings. The van der Waals surface area contributed by atoms with Crippen molar-refractivity contribution in [2.45, 2.75) is 57.4 Å². The minimum atomic E-state index is -0.573. The summed E-state index contributed by atoms with van der Waals surface area (Å²) in [5.74, 6) is 0.402. The fourth-order valence-electron chi connectivity index (χ4n) is 4.84. The molecule has 1 amide bonds. The predicted molar refractivity (Wildman–Crippen MR) is 139 cm³/mol. The first kappa shape index (κ1) is 28.6. The molecule has 1 aromatic heterocycles. The molecule has 2 heterocycles. The third kappa shape index (κ3) is 6.11. The third-order valence-corrected chi connectivity index (χ3v) is 6.82. The quantitative estimate of drug-likeness (QED) is 0.603. The van der Waals surface area contributed by atoms with Crippen LogP contribution >= 0.6 is 36.4 Å². The molecule has 0 radical (unpaired) electrons. The van der Waals surface area contributed by atoms with Crippen LogP contribution < -0.4 is 10.6 Å². The number of hydrogen-bond donors (Lipinski definition) is 1. The minimum Gasteiger partial charge on any atom is -0.353 e. The summed E-state index contributed by atoms with van der Waals surface area (Å²) >= 11 is 5.86. The topological polar surface area (TPSA) is 75.4 Å². The van der Waals surface area contributed by atoms with Crippen molar-refractivity contribution < 1.29 is 9.18 Å². The number of benzene rings is 1. The van der Waals surface area contributed by atoms with E-state index in [1.165, 1.54) is 17.7 Å². The van der Waals surface area contributed by atoms with Crippen molar-refractivity contribution in [2.75, 3.05) is 31.1 Å². The fourth-order valence-corrected chi connectivity index (χ4v) is 4.95. The van der Waals surface area contributed by atoms with Gasteiger partial charge in [0.25, 0.3) is 0 Å². The van der Waals surface area contributed by atoms with Gasteiger partial charge in [0.15, 0.2) is 0 Å². The molecule has 1 aromatic carbocycles. The summed E-state index contributed by atoms with van der Waals surface area (Å²) in [6.07, 6.45) is 4.18. The largest absolute Gasteiger partial charge is 0.353 e. The van der Waals surface area contributed by atoms with Crippen molar-refractivity contribution >= 4 is 48.1 Å². The number of rotatable bonds is 5. The molecule has 188 valence electrons. The number of amides is 1.